The summed E-state index contributed by atoms with van der Waals surface area (Å²) in [6.07, 6.45) is -4.58. The van der Waals surface area contributed by atoms with Crippen LogP contribution in [0, 0.1) is 0 Å². The Balaban J connectivity index is 2.45. The van der Waals surface area contributed by atoms with Gasteiger partial charge in [-0.25, -0.2) is 4.79 Å². The van der Waals surface area contributed by atoms with Gasteiger partial charge in [0.15, 0.2) is 0 Å². The lowest BCUT2D eigenvalue weighted by Gasteiger charge is -2.14. The van der Waals surface area contributed by atoms with Gasteiger partial charge in [-0.2, -0.15) is 13.2 Å². The van der Waals surface area contributed by atoms with E-state index in [1.807, 2.05) is 0 Å². The van der Waals surface area contributed by atoms with Crippen molar-refractivity contribution in [3.8, 4) is 0 Å². The van der Waals surface area contributed by atoms with Crippen molar-refractivity contribution < 1.29 is 23.1 Å². The SMILES string of the molecule is Nc1cccc(Cc2ccc(C(=O)O)cc2C(F)(F)F)c1. The number of carbonyl (C=O) groups is 1. The smallest absolute Gasteiger partial charge is 0.416 e. The standard InChI is InChI=1S/C15H12F3NO2/c16-15(17,18)13-8-11(14(20)21)5-4-10(13)6-9-2-1-3-12(19)7-9/h1-5,7-8H,6,19H2,(H,20,21). The molecule has 21 heavy (non-hydrogen) atoms. The molecule has 0 unspecified atom stereocenters. The Morgan fingerprint density at radius 1 is 1.14 bits per heavy atom. The highest BCUT2D eigenvalue weighted by atomic mass is 19.4. The number of hydrogen-bond donors (Lipinski definition) is 2. The summed E-state index contributed by atoms with van der Waals surface area (Å²) in [5, 5.41) is 8.81. The molecule has 0 atom stereocenters. The molecule has 2 aromatic rings. The molecule has 0 aliphatic rings. The van der Waals surface area contributed by atoms with Crippen LogP contribution in [0.25, 0.3) is 0 Å². The van der Waals surface area contributed by atoms with E-state index >= 15 is 0 Å². The summed E-state index contributed by atoms with van der Waals surface area (Å²) >= 11 is 0. The molecule has 3 nitrogen and oxygen atoms in total. The highest BCUT2D eigenvalue weighted by molar-refractivity contribution is 5.88. The van der Waals surface area contributed by atoms with Crippen LogP contribution in [0.1, 0.15) is 27.0 Å². The Morgan fingerprint density at radius 2 is 1.86 bits per heavy atom. The highest BCUT2D eigenvalue weighted by Crippen LogP contribution is 2.34. The van der Waals surface area contributed by atoms with Gasteiger partial charge in [-0.3, -0.25) is 0 Å². The second-order valence-electron chi connectivity index (χ2n) is 4.60. The van der Waals surface area contributed by atoms with Gasteiger partial charge >= 0.3 is 12.1 Å². The first kappa shape index (κ1) is 14.9. The summed E-state index contributed by atoms with van der Waals surface area (Å²) in [5.41, 5.74) is 5.37. The van der Waals surface area contributed by atoms with Crippen molar-refractivity contribution in [3.05, 3.63) is 64.7 Å². The predicted molar refractivity (Wildman–Crippen MR) is 72.1 cm³/mol. The minimum atomic E-state index is -4.61. The fourth-order valence-corrected chi connectivity index (χ4v) is 2.05. The van der Waals surface area contributed by atoms with Crippen LogP contribution in [-0.4, -0.2) is 11.1 Å². The van der Waals surface area contributed by atoms with E-state index in [2.05, 4.69) is 0 Å². The molecular formula is C15H12F3NO2. The van der Waals surface area contributed by atoms with E-state index in [0.29, 0.717) is 17.3 Å². The number of alkyl halides is 3. The van der Waals surface area contributed by atoms with Crippen LogP contribution >= 0.6 is 0 Å². The topological polar surface area (TPSA) is 63.3 Å². The third-order valence-electron chi connectivity index (χ3n) is 3.01. The first-order valence-electron chi connectivity index (χ1n) is 6.05. The van der Waals surface area contributed by atoms with Gasteiger partial charge in [0, 0.05) is 5.69 Å². The summed E-state index contributed by atoms with van der Waals surface area (Å²) in [5.74, 6) is -1.39. The Labute approximate surface area is 118 Å². The molecule has 0 heterocycles. The molecular weight excluding hydrogens is 283 g/mol. The number of carboxylic acids is 1. The van der Waals surface area contributed by atoms with Crippen LogP contribution in [0.5, 0.6) is 0 Å². The van der Waals surface area contributed by atoms with Crippen molar-refractivity contribution in [3.63, 3.8) is 0 Å². The van der Waals surface area contributed by atoms with Crippen molar-refractivity contribution in [1.29, 1.82) is 0 Å². The van der Waals surface area contributed by atoms with Crippen molar-refractivity contribution in [1.82, 2.24) is 0 Å². The molecule has 6 heteroatoms. The lowest BCUT2D eigenvalue weighted by Crippen LogP contribution is -2.11. The molecule has 0 aliphatic heterocycles. The minimum Gasteiger partial charge on any atom is -0.478 e. The molecule has 0 bridgehead atoms. The zero-order valence-electron chi connectivity index (χ0n) is 10.8. The van der Waals surface area contributed by atoms with Crippen LogP contribution in [-0.2, 0) is 12.6 Å². The zero-order chi connectivity index (χ0) is 15.6. The monoisotopic (exact) mass is 295 g/mol. The number of aromatic carboxylic acids is 1. The molecule has 0 fully saturated rings. The molecule has 2 aromatic carbocycles. The molecule has 0 saturated heterocycles. The maximum atomic E-state index is 13.1. The average Bonchev–Trinajstić information content (AvgIpc) is 2.37. The number of hydrogen-bond acceptors (Lipinski definition) is 2. The lowest BCUT2D eigenvalue weighted by molar-refractivity contribution is -0.138. The number of nitrogen functional groups attached to an aromatic ring is 1. The third-order valence-corrected chi connectivity index (χ3v) is 3.01. The summed E-state index contributed by atoms with van der Waals surface area (Å²) < 4.78 is 39.2. The number of rotatable bonds is 3. The summed E-state index contributed by atoms with van der Waals surface area (Å²) in [4.78, 5) is 10.8. The number of anilines is 1. The maximum absolute atomic E-state index is 13.1. The maximum Gasteiger partial charge on any atom is 0.416 e. The molecule has 0 saturated carbocycles. The summed E-state index contributed by atoms with van der Waals surface area (Å²) in [6, 6.07) is 9.57. The molecule has 2 rings (SSSR count). The van der Waals surface area contributed by atoms with Crippen LogP contribution < -0.4 is 5.73 Å². The normalized spacial score (nSPS) is 11.4. The van der Waals surface area contributed by atoms with Gasteiger partial charge in [-0.05, 0) is 41.8 Å². The van der Waals surface area contributed by atoms with Crippen molar-refractivity contribution in [2.45, 2.75) is 12.6 Å². The molecule has 110 valence electrons. The van der Waals surface area contributed by atoms with Gasteiger partial charge in [0.2, 0.25) is 0 Å². The summed E-state index contributed by atoms with van der Waals surface area (Å²) in [6.45, 7) is 0. The number of nitrogens with two attached hydrogens (primary N) is 1. The van der Waals surface area contributed by atoms with Crippen molar-refractivity contribution >= 4 is 11.7 Å². The van der Waals surface area contributed by atoms with E-state index in [0.717, 1.165) is 0 Å². The van der Waals surface area contributed by atoms with Crippen LogP contribution in [0.3, 0.4) is 0 Å². The minimum absolute atomic E-state index is 0.0121. The Kier molecular flexibility index (Phi) is 3.88. The van der Waals surface area contributed by atoms with E-state index in [-0.39, 0.29) is 12.0 Å². The van der Waals surface area contributed by atoms with Gasteiger partial charge in [0.25, 0.3) is 0 Å². The fourth-order valence-electron chi connectivity index (χ4n) is 2.05. The Morgan fingerprint density at radius 3 is 2.43 bits per heavy atom. The van der Waals surface area contributed by atoms with Gasteiger partial charge in [-0.1, -0.05) is 18.2 Å². The molecule has 0 amide bonds. The fraction of sp³-hybridized carbons (Fsp3) is 0.133. The highest BCUT2D eigenvalue weighted by Gasteiger charge is 2.34. The second-order valence-corrected chi connectivity index (χ2v) is 4.60. The number of benzene rings is 2. The first-order chi connectivity index (χ1) is 9.77. The Hall–Kier alpha value is -2.50. The zero-order valence-corrected chi connectivity index (χ0v) is 10.8. The van der Waals surface area contributed by atoms with Crippen LogP contribution in [0.15, 0.2) is 42.5 Å². The number of halogens is 3. The van der Waals surface area contributed by atoms with E-state index in [1.165, 1.54) is 12.1 Å². The van der Waals surface area contributed by atoms with Gasteiger partial charge in [0.1, 0.15) is 0 Å². The van der Waals surface area contributed by atoms with Crippen molar-refractivity contribution in [2.24, 2.45) is 0 Å². The average molecular weight is 295 g/mol. The van der Waals surface area contributed by atoms with E-state index in [9.17, 15) is 18.0 Å². The predicted octanol–water partition coefficient (Wildman–Crippen LogP) is 3.58. The van der Waals surface area contributed by atoms with Gasteiger partial charge < -0.3 is 10.8 Å². The molecule has 0 aromatic heterocycles. The van der Waals surface area contributed by atoms with Gasteiger partial charge in [0.05, 0.1) is 11.1 Å². The quantitative estimate of drug-likeness (QED) is 0.851. The molecule has 0 spiro atoms. The molecule has 0 radical (unpaired) electrons. The number of carboxylic acid groups (broad SMARTS) is 1. The van der Waals surface area contributed by atoms with Gasteiger partial charge in [-0.15, -0.1) is 0 Å². The Bertz CT molecular complexity index is 681. The molecule has 3 N–H and O–H groups in total. The van der Waals surface area contributed by atoms with E-state index in [4.69, 9.17) is 10.8 Å². The first-order valence-corrected chi connectivity index (χ1v) is 6.05. The van der Waals surface area contributed by atoms with Crippen LogP contribution in [0.4, 0.5) is 18.9 Å². The second kappa shape index (κ2) is 5.47. The summed E-state index contributed by atoms with van der Waals surface area (Å²) in [7, 11) is 0. The lowest BCUT2D eigenvalue weighted by atomic mass is 9.97. The van der Waals surface area contributed by atoms with Crippen LogP contribution in [0.2, 0.25) is 0 Å². The van der Waals surface area contributed by atoms with E-state index in [1.54, 1.807) is 24.3 Å². The van der Waals surface area contributed by atoms with E-state index < -0.39 is 23.3 Å². The van der Waals surface area contributed by atoms with Crippen molar-refractivity contribution in [2.75, 3.05) is 5.73 Å². The largest absolute Gasteiger partial charge is 0.478 e. The molecule has 0 aliphatic carbocycles. The third kappa shape index (κ3) is 3.53.